The Hall–Kier alpha value is -5.10. The van der Waals surface area contributed by atoms with E-state index >= 15 is 0 Å². The van der Waals surface area contributed by atoms with Crippen LogP contribution in [0, 0.1) is 0 Å². The monoisotopic (exact) mass is 626 g/mol. The predicted molar refractivity (Wildman–Crippen MR) is 174 cm³/mol. The Labute approximate surface area is 267 Å². The molecule has 2 atom stereocenters. The van der Waals surface area contributed by atoms with Gasteiger partial charge in [0.1, 0.15) is 5.75 Å². The number of amides is 1. The molecule has 0 aliphatic carbocycles. The van der Waals surface area contributed by atoms with E-state index in [9.17, 15) is 10.3 Å². The fourth-order valence-corrected chi connectivity index (χ4v) is 5.13. The largest absolute Gasteiger partial charge is 0.494 e. The molecule has 0 radical (unpaired) electrons. The average Bonchev–Trinajstić information content (AvgIpc) is 3.45. The number of rotatable bonds is 17. The van der Waals surface area contributed by atoms with Crippen molar-refractivity contribution in [3.8, 4) is 5.75 Å². The van der Waals surface area contributed by atoms with Gasteiger partial charge in [-0.1, -0.05) is 58.8 Å². The fraction of sp³-hybridized carbons (Fsp3) is 0.375. The Balaban J connectivity index is 1.82. The highest BCUT2D eigenvalue weighted by molar-refractivity contribution is 6.01. The van der Waals surface area contributed by atoms with Crippen LogP contribution in [0.2, 0.25) is 0 Å². The van der Waals surface area contributed by atoms with Crippen LogP contribution in [0.15, 0.2) is 88.0 Å². The summed E-state index contributed by atoms with van der Waals surface area (Å²) in [6.07, 6.45) is 0.374. The lowest BCUT2D eigenvalue weighted by molar-refractivity contribution is -0.130. The zero-order chi connectivity index (χ0) is 32.8. The number of ether oxygens (including phenoxy) is 2. The maximum absolute atomic E-state index is 14.4. The van der Waals surface area contributed by atoms with E-state index in [2.05, 4.69) is 35.8 Å². The van der Waals surface area contributed by atoms with Crippen molar-refractivity contribution in [3.63, 3.8) is 0 Å². The van der Waals surface area contributed by atoms with Gasteiger partial charge in [-0.3, -0.25) is 10.2 Å². The molecule has 14 heteroatoms. The van der Waals surface area contributed by atoms with Gasteiger partial charge in [-0.15, -0.1) is 0 Å². The van der Waals surface area contributed by atoms with Crippen molar-refractivity contribution in [2.75, 3.05) is 40.4 Å². The van der Waals surface area contributed by atoms with Gasteiger partial charge in [-0.05, 0) is 79.1 Å². The second kappa shape index (κ2) is 16.8. The van der Waals surface area contributed by atoms with E-state index in [4.69, 9.17) is 25.1 Å². The van der Waals surface area contributed by atoms with Crippen molar-refractivity contribution >= 4 is 17.5 Å². The van der Waals surface area contributed by atoms with Gasteiger partial charge in [0.25, 0.3) is 5.91 Å². The molecule has 0 saturated heterocycles. The second-order valence-electron chi connectivity index (χ2n) is 10.9. The van der Waals surface area contributed by atoms with Crippen molar-refractivity contribution in [2.24, 2.45) is 15.2 Å². The molecule has 46 heavy (non-hydrogen) atoms. The van der Waals surface area contributed by atoms with Crippen LogP contribution in [0.5, 0.6) is 5.75 Å². The minimum atomic E-state index is -1.58. The third-order valence-corrected chi connectivity index (χ3v) is 7.38. The van der Waals surface area contributed by atoms with Crippen LogP contribution in [0.4, 0.5) is 5.69 Å². The SMILES string of the molecule is CN(C)CCCNNC(=O)[C@@]1(Cc2ccccc2N=[N+]=[N-])N=C(c2ccc(OCCCO)cc2)O[C@H]1c1ccccc1CN=[N+]=[N-]. The van der Waals surface area contributed by atoms with Gasteiger partial charge in [0.05, 0.1) is 13.2 Å². The summed E-state index contributed by atoms with van der Waals surface area (Å²) >= 11 is 0. The molecule has 240 valence electrons. The van der Waals surface area contributed by atoms with Crippen molar-refractivity contribution in [1.29, 1.82) is 0 Å². The third kappa shape index (κ3) is 8.54. The number of hydrazine groups is 1. The molecule has 0 fully saturated rings. The normalized spacial score (nSPS) is 17.0. The Bertz CT molecular complexity index is 1600. The molecule has 1 heterocycles. The van der Waals surface area contributed by atoms with Gasteiger partial charge in [0.15, 0.2) is 11.6 Å². The number of aliphatic hydroxyl groups excluding tert-OH is 1. The van der Waals surface area contributed by atoms with Gasteiger partial charge >= 0.3 is 0 Å². The highest BCUT2D eigenvalue weighted by Crippen LogP contribution is 2.44. The molecule has 1 aliphatic heterocycles. The number of azide groups is 2. The van der Waals surface area contributed by atoms with Crippen LogP contribution < -0.4 is 15.6 Å². The van der Waals surface area contributed by atoms with E-state index in [1.807, 2.05) is 38.4 Å². The van der Waals surface area contributed by atoms with E-state index in [-0.39, 0.29) is 25.5 Å². The Kier molecular flexibility index (Phi) is 12.4. The summed E-state index contributed by atoms with van der Waals surface area (Å²) in [6, 6.07) is 21.4. The maximum atomic E-state index is 14.4. The number of carbonyl (C=O) groups excluding carboxylic acids is 1. The highest BCUT2D eigenvalue weighted by Gasteiger charge is 2.54. The summed E-state index contributed by atoms with van der Waals surface area (Å²) in [7, 11) is 3.96. The van der Waals surface area contributed by atoms with Gasteiger partial charge in [0.2, 0.25) is 5.90 Å². The summed E-state index contributed by atoms with van der Waals surface area (Å²) in [4.78, 5) is 27.4. The van der Waals surface area contributed by atoms with Crippen LogP contribution >= 0.6 is 0 Å². The minimum absolute atomic E-state index is 0.0276. The molecular weight excluding hydrogens is 588 g/mol. The molecule has 0 spiro atoms. The zero-order valence-electron chi connectivity index (χ0n) is 25.9. The minimum Gasteiger partial charge on any atom is -0.494 e. The topological polar surface area (TPSA) is 193 Å². The van der Waals surface area contributed by atoms with E-state index in [1.165, 1.54) is 0 Å². The standard InChI is InChI=1S/C32H38N10O4/c1-42(2)18-7-17-35-39-31(44)32(21-24-9-4-6-12-28(24)38-41-34)29(27-11-5-3-10-25(27)22-36-40-33)46-30(37-32)23-13-15-26(16-14-23)45-20-8-19-43/h3-6,9-16,29,35,43H,7-8,17-22H2,1-2H3,(H,39,44)/t29-,32-/m0/s1. The number of aliphatic imine (C=N–C) groups is 1. The Morgan fingerprint density at radius 1 is 1.04 bits per heavy atom. The van der Waals surface area contributed by atoms with Crippen molar-refractivity contribution < 1.29 is 19.4 Å². The second-order valence-corrected chi connectivity index (χ2v) is 10.9. The van der Waals surface area contributed by atoms with E-state index < -0.39 is 17.6 Å². The highest BCUT2D eigenvalue weighted by atomic mass is 16.5. The zero-order valence-corrected chi connectivity index (χ0v) is 25.9. The smallest absolute Gasteiger partial charge is 0.266 e. The fourth-order valence-electron chi connectivity index (χ4n) is 5.13. The van der Waals surface area contributed by atoms with Crippen LogP contribution in [-0.2, 0) is 22.5 Å². The first kappa shape index (κ1) is 33.8. The first-order valence-electron chi connectivity index (χ1n) is 14.9. The molecule has 3 aromatic rings. The number of nitrogens with one attached hydrogen (secondary N) is 2. The van der Waals surface area contributed by atoms with Gasteiger partial charge in [-0.2, -0.15) is 0 Å². The lowest BCUT2D eigenvalue weighted by Crippen LogP contribution is -2.54. The number of carbonyl (C=O) groups is 1. The number of hydrogen-bond acceptors (Lipinski definition) is 9. The molecule has 1 aliphatic rings. The first-order valence-corrected chi connectivity index (χ1v) is 14.9. The average molecular weight is 627 g/mol. The van der Waals surface area contributed by atoms with Crippen LogP contribution in [-0.4, -0.2) is 67.7 Å². The molecule has 4 rings (SSSR count). The molecule has 1 amide bonds. The quantitative estimate of drug-likeness (QED) is 0.0600. The van der Waals surface area contributed by atoms with Crippen molar-refractivity contribution in [3.05, 3.63) is 116 Å². The number of hydrogen-bond donors (Lipinski definition) is 3. The summed E-state index contributed by atoms with van der Waals surface area (Å²) in [5.41, 5.74) is 25.5. The van der Waals surface area contributed by atoms with Crippen molar-refractivity contribution in [1.82, 2.24) is 15.8 Å². The molecule has 0 aromatic heterocycles. The number of aliphatic hydroxyl groups is 1. The molecular formula is C32H38N10O4. The number of benzene rings is 3. The molecule has 14 nitrogen and oxygen atoms in total. The molecule has 3 aromatic carbocycles. The van der Waals surface area contributed by atoms with E-state index in [1.54, 1.807) is 48.5 Å². The number of nitrogens with zero attached hydrogens (tertiary/aromatic N) is 8. The molecule has 0 bridgehead atoms. The van der Waals surface area contributed by atoms with Gasteiger partial charge in [-0.25, -0.2) is 10.4 Å². The molecule has 0 saturated carbocycles. The Morgan fingerprint density at radius 2 is 1.78 bits per heavy atom. The van der Waals surface area contributed by atoms with Crippen LogP contribution in [0.25, 0.3) is 20.9 Å². The summed E-state index contributed by atoms with van der Waals surface area (Å²) in [5.74, 6) is 0.395. The maximum Gasteiger partial charge on any atom is 0.266 e. The lowest BCUT2D eigenvalue weighted by atomic mass is 9.80. The molecule has 3 N–H and O–H groups in total. The van der Waals surface area contributed by atoms with Crippen LogP contribution in [0.3, 0.4) is 0 Å². The van der Waals surface area contributed by atoms with Crippen molar-refractivity contribution in [2.45, 2.75) is 37.5 Å². The van der Waals surface area contributed by atoms with Gasteiger partial charge in [0, 0.05) is 47.1 Å². The molecule has 0 unspecified atom stereocenters. The van der Waals surface area contributed by atoms with Gasteiger partial charge < -0.3 is 19.5 Å². The first-order chi connectivity index (χ1) is 22.4. The van der Waals surface area contributed by atoms with Crippen LogP contribution in [0.1, 0.15) is 41.2 Å². The Morgan fingerprint density at radius 3 is 2.50 bits per heavy atom. The summed E-state index contributed by atoms with van der Waals surface area (Å²) in [5, 5.41) is 16.7. The predicted octanol–water partition coefficient (Wildman–Crippen LogP) is 5.27. The summed E-state index contributed by atoms with van der Waals surface area (Å²) in [6.45, 7) is 1.78. The van der Waals surface area contributed by atoms with E-state index in [0.29, 0.717) is 53.3 Å². The summed E-state index contributed by atoms with van der Waals surface area (Å²) < 4.78 is 12.3. The lowest BCUT2D eigenvalue weighted by Gasteiger charge is -2.32. The van der Waals surface area contributed by atoms with E-state index in [0.717, 1.165) is 13.0 Å². The third-order valence-electron chi connectivity index (χ3n) is 7.38.